The zero-order valence-corrected chi connectivity index (χ0v) is 40.3. The number of fused-ring (bicyclic) bond motifs is 3. The fourth-order valence-corrected chi connectivity index (χ4v) is 12.0. The highest BCUT2D eigenvalue weighted by molar-refractivity contribution is 6.04. The number of aliphatic imine (C=N–C) groups is 1. The average molecular weight is 977 g/mol. The topological polar surface area (TPSA) is 181 Å². The first-order valence-corrected chi connectivity index (χ1v) is 25.7. The number of nitrogens with one attached hydrogen (secondary N) is 2. The quantitative estimate of drug-likeness (QED) is 0.0823. The maximum atomic E-state index is 16.6. The fraction of sp³-hybridized carbons (Fsp3) is 0.596. The van der Waals surface area contributed by atoms with Gasteiger partial charge >= 0.3 is 0 Å². The molecule has 0 bridgehead atoms. The summed E-state index contributed by atoms with van der Waals surface area (Å²) in [6, 6.07) is 7.78. The van der Waals surface area contributed by atoms with Gasteiger partial charge in [-0.05, 0) is 101 Å². The second kappa shape index (κ2) is 19.3. The van der Waals surface area contributed by atoms with Crippen LogP contribution in [0, 0.1) is 29.6 Å². The van der Waals surface area contributed by atoms with Crippen LogP contribution >= 0.6 is 0 Å². The van der Waals surface area contributed by atoms with Crippen molar-refractivity contribution in [2.45, 2.75) is 120 Å². The number of ether oxygens (including phenoxy) is 1. The first-order valence-electron chi connectivity index (χ1n) is 25.7. The lowest BCUT2D eigenvalue weighted by Crippen LogP contribution is -2.52. The number of hydrogen-bond acceptors (Lipinski definition) is 12. The highest BCUT2D eigenvalue weighted by Gasteiger charge is 2.75. The van der Waals surface area contributed by atoms with Crippen LogP contribution < -0.4 is 21.3 Å². The third-order valence-electron chi connectivity index (χ3n) is 16.4. The Morgan fingerprint density at radius 2 is 1.80 bits per heavy atom. The average Bonchev–Trinajstić information content (AvgIpc) is 4.20. The highest BCUT2D eigenvalue weighted by Crippen LogP contribution is 2.61. The van der Waals surface area contributed by atoms with E-state index in [2.05, 4.69) is 54.2 Å². The van der Waals surface area contributed by atoms with Gasteiger partial charge in [0.1, 0.15) is 29.3 Å². The molecule has 7 fully saturated rings. The number of likely N-dealkylation sites (tertiary alicyclic amines) is 2. The number of carbonyl (C=O) groups excluding carboxylic acids is 3. The van der Waals surface area contributed by atoms with E-state index in [-0.39, 0.29) is 60.6 Å². The van der Waals surface area contributed by atoms with Gasteiger partial charge in [0.25, 0.3) is 12.3 Å². The Hall–Kier alpha value is -5.84. The number of piperidine rings is 3. The molecule has 4 saturated heterocycles. The summed E-state index contributed by atoms with van der Waals surface area (Å²) in [6.45, 7) is 9.11. The molecule has 7 aliphatic rings. The molecule has 71 heavy (non-hydrogen) atoms. The van der Waals surface area contributed by atoms with E-state index in [9.17, 15) is 23.2 Å². The van der Waals surface area contributed by atoms with Gasteiger partial charge in [0.15, 0.2) is 11.3 Å². The van der Waals surface area contributed by atoms with E-state index in [4.69, 9.17) is 20.6 Å². The summed E-state index contributed by atoms with van der Waals surface area (Å²) in [5, 5.41) is 15.1. The van der Waals surface area contributed by atoms with Crippen LogP contribution in [0.15, 0.2) is 53.0 Å². The van der Waals surface area contributed by atoms with Crippen LogP contribution in [0.2, 0.25) is 0 Å². The summed E-state index contributed by atoms with van der Waals surface area (Å²) in [4.78, 5) is 54.7. The van der Waals surface area contributed by atoms with Crippen molar-refractivity contribution in [2.75, 3.05) is 63.9 Å². The number of allylic oxidation sites excluding steroid dienone is 2. The minimum absolute atomic E-state index is 0.0542. The Bertz CT molecular complexity index is 2830. The zero-order chi connectivity index (χ0) is 49.0. The molecule has 4 atom stereocenters. The molecule has 3 amide bonds. The van der Waals surface area contributed by atoms with Gasteiger partial charge in [0.2, 0.25) is 11.8 Å². The van der Waals surface area contributed by atoms with Crippen molar-refractivity contribution in [3.63, 3.8) is 0 Å². The van der Waals surface area contributed by atoms with E-state index in [1.54, 1.807) is 6.20 Å². The number of rotatable bonds is 14. The Balaban J connectivity index is 0.670. The number of imide groups is 1. The SMILES string of the molecule is CC1CN(CC2CCC(N=CC(NC(=O)c3cnn4ccc(N5CCC(CN6CCC6)CC5)nc34)=C(N)C(F)F)CC2)C[C@]2(F)C[C@]12OCC#Cc1cccc2c(C3CCC(=O)NC3=O)nn(C3CC3)c12. The standard InChI is InChI=1S/C52H63F3N12O4/c1-32-27-64(31-51(55)30-52(32,51)71-24-3-6-35-5-2-7-38-45(39-14-15-43(68)61-49(39)69)62-67(46(35)38)37-12-13-37)29-33-8-10-36(11-9-33)57-26-41(44(56)47(53)54)59-50(70)40-25-58-66-23-18-42(60-48(40)66)65-21-16-34(17-22-65)28-63-19-4-20-63/h2,5,7,18,23,25-26,32-34,36-37,39,47H,4,8-17,19-22,24,27-31,56H2,1H3,(H,59,70)(H,61,68,69)/t32?,33?,36?,39?,51-,52+/m1/s1. The number of alkyl halides is 3. The second-order valence-corrected chi connectivity index (χ2v) is 21.3. The summed E-state index contributed by atoms with van der Waals surface area (Å²) in [6.07, 6.45) is 10.9. The molecule has 19 heteroatoms. The van der Waals surface area contributed by atoms with Gasteiger partial charge in [-0.15, -0.1) is 0 Å². The Morgan fingerprint density at radius 1 is 1.03 bits per heavy atom. The molecule has 4 aliphatic heterocycles. The minimum atomic E-state index is -3.01. The number of para-hydroxylation sites is 1. The molecule has 1 aromatic carbocycles. The highest BCUT2D eigenvalue weighted by atomic mass is 19.3. The van der Waals surface area contributed by atoms with Crippen LogP contribution in [0.4, 0.5) is 19.0 Å². The number of hydrogen-bond donors (Lipinski definition) is 3. The van der Waals surface area contributed by atoms with Gasteiger partial charge in [-0.2, -0.15) is 10.2 Å². The third kappa shape index (κ3) is 9.54. The normalized spacial score (nSPS) is 28.9. The summed E-state index contributed by atoms with van der Waals surface area (Å²) >= 11 is 0. The van der Waals surface area contributed by atoms with Crippen LogP contribution in [-0.4, -0.2) is 141 Å². The Kier molecular flexibility index (Phi) is 12.9. The molecule has 3 aliphatic carbocycles. The maximum Gasteiger partial charge on any atom is 0.279 e. The summed E-state index contributed by atoms with van der Waals surface area (Å²) < 4.78 is 54.5. The molecule has 0 radical (unpaired) electrons. The third-order valence-corrected chi connectivity index (χ3v) is 16.4. The largest absolute Gasteiger partial charge is 0.396 e. The minimum Gasteiger partial charge on any atom is -0.396 e. The number of amides is 3. The van der Waals surface area contributed by atoms with Gasteiger partial charge < -0.3 is 25.6 Å². The first kappa shape index (κ1) is 47.5. The van der Waals surface area contributed by atoms with Gasteiger partial charge in [0, 0.05) is 75.8 Å². The van der Waals surface area contributed by atoms with Gasteiger partial charge in [-0.1, -0.05) is 30.9 Å². The van der Waals surface area contributed by atoms with E-state index in [0.717, 1.165) is 99.8 Å². The molecule has 3 saturated carbocycles. The molecule has 0 spiro atoms. The van der Waals surface area contributed by atoms with E-state index in [1.165, 1.54) is 36.4 Å². The Labute approximate surface area is 411 Å². The number of benzene rings is 1. The summed E-state index contributed by atoms with van der Waals surface area (Å²) in [5.41, 5.74) is 5.28. The van der Waals surface area contributed by atoms with Crippen LogP contribution in [0.3, 0.4) is 0 Å². The van der Waals surface area contributed by atoms with Crippen molar-refractivity contribution in [1.29, 1.82) is 0 Å². The summed E-state index contributed by atoms with van der Waals surface area (Å²) in [7, 11) is 0. The van der Waals surface area contributed by atoms with E-state index < -0.39 is 35.2 Å². The molecule has 3 aromatic heterocycles. The van der Waals surface area contributed by atoms with Gasteiger partial charge in [-0.3, -0.25) is 34.3 Å². The number of nitrogens with zero attached hydrogens (tertiary/aromatic N) is 9. The number of carbonyl (C=O) groups is 3. The van der Waals surface area contributed by atoms with Crippen molar-refractivity contribution in [3.05, 3.63) is 64.9 Å². The molecule has 11 rings (SSSR count). The van der Waals surface area contributed by atoms with Crippen LogP contribution in [0.1, 0.15) is 118 Å². The maximum absolute atomic E-state index is 16.6. The van der Waals surface area contributed by atoms with E-state index >= 15 is 4.39 Å². The summed E-state index contributed by atoms with van der Waals surface area (Å²) in [5.74, 6) is 6.38. The number of halogens is 3. The van der Waals surface area contributed by atoms with E-state index in [0.29, 0.717) is 42.6 Å². The lowest BCUT2D eigenvalue weighted by molar-refractivity contribution is -0.134. The predicted octanol–water partition coefficient (Wildman–Crippen LogP) is 5.52. The van der Waals surface area contributed by atoms with Gasteiger partial charge in [-0.25, -0.2) is 22.7 Å². The molecular formula is C52H63F3N12O4. The molecule has 2 unspecified atom stereocenters. The molecular weight excluding hydrogens is 914 g/mol. The first-order chi connectivity index (χ1) is 34.3. The second-order valence-electron chi connectivity index (χ2n) is 21.3. The van der Waals surface area contributed by atoms with Crippen LogP contribution in [0.5, 0.6) is 0 Å². The smallest absolute Gasteiger partial charge is 0.279 e. The van der Waals surface area contributed by atoms with Crippen molar-refractivity contribution in [1.82, 2.24) is 44.8 Å². The van der Waals surface area contributed by atoms with Crippen molar-refractivity contribution in [3.8, 4) is 11.8 Å². The number of aromatic nitrogens is 5. The Morgan fingerprint density at radius 3 is 2.52 bits per heavy atom. The van der Waals surface area contributed by atoms with Crippen molar-refractivity contribution >= 4 is 46.3 Å². The van der Waals surface area contributed by atoms with Crippen molar-refractivity contribution < 1.29 is 32.3 Å². The number of nitrogens with two attached hydrogens (primary N) is 1. The monoisotopic (exact) mass is 977 g/mol. The number of anilines is 1. The molecule has 4 aromatic rings. The predicted molar refractivity (Wildman–Crippen MR) is 261 cm³/mol. The van der Waals surface area contributed by atoms with E-state index in [1.807, 2.05) is 28.9 Å². The molecule has 376 valence electrons. The van der Waals surface area contributed by atoms with Crippen molar-refractivity contribution in [2.24, 2.45) is 28.5 Å². The lowest BCUT2D eigenvalue weighted by atomic mass is 9.85. The molecule has 4 N–H and O–H groups in total. The lowest BCUT2D eigenvalue weighted by Gasteiger charge is -2.40. The zero-order valence-electron chi connectivity index (χ0n) is 40.3. The van der Waals surface area contributed by atoms with Crippen LogP contribution in [0.25, 0.3) is 16.6 Å². The molecule has 7 heterocycles. The van der Waals surface area contributed by atoms with Crippen LogP contribution in [-0.2, 0) is 14.3 Å². The fourth-order valence-electron chi connectivity index (χ4n) is 12.0. The molecule has 16 nitrogen and oxygen atoms in total. The van der Waals surface area contributed by atoms with Gasteiger partial charge in [0.05, 0.1) is 46.7 Å².